The molecule has 2 aliphatic rings. The van der Waals surface area contributed by atoms with Crippen LogP contribution in [0.3, 0.4) is 0 Å². The molecule has 10 nitrogen and oxygen atoms in total. The first-order valence-electron chi connectivity index (χ1n) is 17.9. The Hall–Kier alpha value is -5.09. The van der Waals surface area contributed by atoms with Gasteiger partial charge >= 0.3 is 12.4 Å². The summed E-state index contributed by atoms with van der Waals surface area (Å²) in [5.41, 5.74) is 3.54. The lowest BCUT2D eigenvalue weighted by Crippen LogP contribution is -3.12. The fourth-order valence-electron chi connectivity index (χ4n) is 6.07. The van der Waals surface area contributed by atoms with Crippen LogP contribution in [-0.2, 0) is 25.7 Å². The summed E-state index contributed by atoms with van der Waals surface area (Å²) >= 11 is 0. The number of amides is 1. The zero-order chi connectivity index (χ0) is 40.6. The third-order valence-electron chi connectivity index (χ3n) is 9.05. The number of rotatable bonds is 13. The summed E-state index contributed by atoms with van der Waals surface area (Å²) < 4.78 is 63.1. The van der Waals surface area contributed by atoms with E-state index in [0.717, 1.165) is 75.3 Å². The molecule has 16 heteroatoms. The molecule has 0 saturated carbocycles. The molecule has 0 spiro atoms. The van der Waals surface area contributed by atoms with Crippen LogP contribution in [0.25, 0.3) is 16.5 Å². The van der Waals surface area contributed by atoms with Crippen molar-refractivity contribution < 1.29 is 66.0 Å². The maximum atomic E-state index is 13.7. The number of ketones is 1. The highest BCUT2D eigenvalue weighted by Gasteiger charge is 2.34. The number of nitrogens with two attached hydrogens (primary N) is 1. The van der Waals surface area contributed by atoms with E-state index in [0.29, 0.717) is 18.6 Å². The lowest BCUT2D eigenvalue weighted by atomic mass is 9.96. The van der Waals surface area contributed by atoms with Gasteiger partial charge in [0.1, 0.15) is 30.2 Å². The maximum Gasteiger partial charge on any atom is 0.430 e. The average molecular weight is 779 g/mol. The van der Waals surface area contributed by atoms with Crippen molar-refractivity contribution in [1.82, 2.24) is 5.32 Å². The van der Waals surface area contributed by atoms with E-state index in [1.165, 1.54) is 16.3 Å². The van der Waals surface area contributed by atoms with Crippen LogP contribution >= 0.6 is 0 Å². The van der Waals surface area contributed by atoms with Crippen LogP contribution in [0.4, 0.5) is 26.3 Å². The normalized spacial score (nSPS) is 17.4. The number of carbonyl (C=O) groups is 4. The summed E-state index contributed by atoms with van der Waals surface area (Å²) in [4.78, 5) is 49.4. The molecular weight excluding hydrogens is 734 g/mol. The summed E-state index contributed by atoms with van der Waals surface area (Å²) in [6.07, 6.45) is -1.75. The van der Waals surface area contributed by atoms with Crippen molar-refractivity contribution in [3.8, 4) is 0 Å². The van der Waals surface area contributed by atoms with E-state index >= 15 is 0 Å². The number of quaternary nitrogens is 2. The number of nitrogens with zero attached hydrogens (tertiary/aromatic N) is 1. The van der Waals surface area contributed by atoms with E-state index in [1.807, 2.05) is 13.1 Å². The van der Waals surface area contributed by atoms with Gasteiger partial charge in [0.2, 0.25) is 11.7 Å². The zero-order valence-corrected chi connectivity index (χ0v) is 30.2. The highest BCUT2D eigenvalue weighted by molar-refractivity contribution is 6.01. The summed E-state index contributed by atoms with van der Waals surface area (Å²) in [6.45, 7) is 5.09. The first-order valence-corrected chi connectivity index (χ1v) is 17.9. The second-order valence-corrected chi connectivity index (χ2v) is 13.2. The molecule has 5 rings (SSSR count). The van der Waals surface area contributed by atoms with E-state index in [1.54, 1.807) is 4.90 Å². The molecule has 298 valence electrons. The summed E-state index contributed by atoms with van der Waals surface area (Å²) in [7, 11) is 0. The Morgan fingerprint density at radius 1 is 0.836 bits per heavy atom. The molecule has 4 N–H and O–H groups in total. The summed E-state index contributed by atoms with van der Waals surface area (Å²) in [6, 6.07) is 25.7. The van der Waals surface area contributed by atoms with Crippen molar-refractivity contribution in [3.05, 3.63) is 90.1 Å². The molecule has 1 atom stereocenters. The van der Waals surface area contributed by atoms with Crippen molar-refractivity contribution in [3.63, 3.8) is 0 Å². The van der Waals surface area contributed by atoms with Crippen LogP contribution in [0.5, 0.6) is 0 Å². The minimum atomic E-state index is -5.19. The Balaban J connectivity index is 0.000000494. The average Bonchev–Trinajstić information content (AvgIpc) is 3.63. The molecule has 1 fully saturated rings. The molecule has 2 heterocycles. The van der Waals surface area contributed by atoms with Crippen molar-refractivity contribution in [2.24, 2.45) is 10.9 Å². The standard InChI is InChI=1S/C35H42N4O2.2C2HF3O2/c1-2-31(40)15-7-4-8-16-32(34-36-24-33(38-34)29-18-17-27-13-9-10-14-28(27)23-29)35(41)37-30-19-21-39(22-20-30)25-26-11-5-3-6-12-26;2*3-2(4,5)1(6)7/h3,5-6,9-14,17-18,23-24,30,32H,2,4,7-8,15-16,19-22,25H2,1H3,(H,36,38)(H,37,41);2*(H,6,7). The second kappa shape index (κ2) is 21.1. The maximum absolute atomic E-state index is 13.7. The van der Waals surface area contributed by atoms with Gasteiger partial charge in [-0.25, -0.2) is 4.99 Å². The van der Waals surface area contributed by atoms with Crippen LogP contribution in [-0.4, -0.2) is 60.9 Å². The quantitative estimate of drug-likeness (QED) is 0.179. The van der Waals surface area contributed by atoms with Crippen LogP contribution in [0, 0.1) is 5.92 Å². The van der Waals surface area contributed by atoms with Gasteiger partial charge in [-0.05, 0) is 35.7 Å². The van der Waals surface area contributed by atoms with Gasteiger partial charge in [0.05, 0.1) is 19.3 Å². The number of carboxylic acid groups (broad SMARTS) is 2. The number of piperidine rings is 1. The Labute approximate surface area is 314 Å². The predicted molar refractivity (Wildman–Crippen MR) is 187 cm³/mol. The van der Waals surface area contributed by atoms with Crippen molar-refractivity contribution >= 4 is 45.9 Å². The first kappa shape index (κ1) is 44.3. The van der Waals surface area contributed by atoms with E-state index < -0.39 is 24.3 Å². The molecule has 0 aliphatic carbocycles. The predicted octanol–water partition coefficient (Wildman–Crippen LogP) is 2.62. The molecular formula is C39H44F6N4O6. The number of halogens is 6. The van der Waals surface area contributed by atoms with Gasteiger partial charge in [-0.1, -0.05) is 80.4 Å². The second-order valence-electron chi connectivity index (χ2n) is 13.2. The highest BCUT2D eigenvalue weighted by Crippen LogP contribution is 2.21. The number of amidine groups is 1. The Bertz CT molecular complexity index is 1780. The minimum absolute atomic E-state index is 0.0919. The highest BCUT2D eigenvalue weighted by atomic mass is 19.4. The van der Waals surface area contributed by atoms with E-state index in [4.69, 9.17) is 24.8 Å². The van der Waals surface area contributed by atoms with Crippen molar-refractivity contribution in [2.75, 3.05) is 13.1 Å². The van der Waals surface area contributed by atoms with Crippen LogP contribution in [0.1, 0.15) is 69.4 Å². The van der Waals surface area contributed by atoms with Gasteiger partial charge in [0.25, 0.3) is 0 Å². The van der Waals surface area contributed by atoms with E-state index in [9.17, 15) is 35.9 Å². The van der Waals surface area contributed by atoms with Gasteiger partial charge in [0.15, 0.2) is 5.70 Å². The summed E-state index contributed by atoms with van der Waals surface area (Å²) in [5.74, 6) is -5.03. The number of nitrogens with one attached hydrogen (secondary N) is 2. The number of fused-ring (bicyclic) bond motifs is 1. The van der Waals surface area contributed by atoms with Gasteiger partial charge in [-0.15, -0.1) is 0 Å². The largest absolute Gasteiger partial charge is 0.542 e. The number of likely N-dealkylation sites (tertiary alicyclic amines) is 1. The van der Waals surface area contributed by atoms with E-state index in [-0.39, 0.29) is 17.9 Å². The number of carboxylic acids is 2. The lowest BCUT2D eigenvalue weighted by molar-refractivity contribution is -0.918. The molecule has 0 radical (unpaired) electrons. The number of unbranched alkanes of at least 4 members (excludes halogenated alkanes) is 2. The molecule has 2 aliphatic heterocycles. The molecule has 3 aromatic rings. The van der Waals surface area contributed by atoms with E-state index in [2.05, 4.69) is 83.4 Å². The van der Waals surface area contributed by atoms with Crippen LogP contribution in [0.15, 0.2) is 84.0 Å². The Morgan fingerprint density at radius 3 is 2.00 bits per heavy atom. The van der Waals surface area contributed by atoms with Gasteiger partial charge in [-0.2, -0.15) is 26.3 Å². The number of Topliss-reactive ketones (excluding diaryl/α,β-unsaturated/α-hetero) is 1. The van der Waals surface area contributed by atoms with Crippen molar-refractivity contribution in [2.45, 2.75) is 83.2 Å². The third-order valence-corrected chi connectivity index (χ3v) is 9.05. The number of hydrogen-bond acceptors (Lipinski definition) is 7. The Morgan fingerprint density at radius 2 is 1.42 bits per heavy atom. The molecule has 1 saturated heterocycles. The first-order chi connectivity index (χ1) is 26.0. The Kier molecular flexibility index (Phi) is 17.0. The number of hydrogen-bond donors (Lipinski definition) is 3. The molecule has 1 unspecified atom stereocenters. The monoisotopic (exact) mass is 778 g/mol. The SMILES string of the molecule is CCC(=O)CCCCCC(C(=O)NC1CC[NH+](Cc2ccccc2)CC1)C1=NC=C(c2ccc3ccccc3c2)[NH2+]1.O=C([O-])C(F)(F)F.O=C([O-])C(F)(F)F. The van der Waals surface area contributed by atoms with Gasteiger partial charge in [0, 0.05) is 42.9 Å². The zero-order valence-electron chi connectivity index (χ0n) is 30.2. The number of alkyl halides is 6. The molecule has 3 aromatic carbocycles. The molecule has 55 heavy (non-hydrogen) atoms. The number of benzene rings is 3. The van der Waals surface area contributed by atoms with Gasteiger partial charge in [-0.3, -0.25) is 14.9 Å². The van der Waals surface area contributed by atoms with Gasteiger partial charge < -0.3 is 30.0 Å². The van der Waals surface area contributed by atoms with Crippen molar-refractivity contribution in [1.29, 1.82) is 0 Å². The fraction of sp³-hybridized carbons (Fsp3) is 0.410. The lowest BCUT2D eigenvalue weighted by Gasteiger charge is -2.30. The molecule has 0 aromatic heterocycles. The fourth-order valence-corrected chi connectivity index (χ4v) is 6.07. The van der Waals surface area contributed by atoms with Crippen LogP contribution < -0.4 is 25.7 Å². The number of carbonyl (C=O) groups excluding carboxylic acids is 4. The number of aliphatic carboxylic acids is 2. The summed E-state index contributed by atoms with van der Waals surface area (Å²) in [5, 5.41) is 25.5. The smallest absolute Gasteiger partial charge is 0.430 e. The molecule has 0 bridgehead atoms. The molecule has 1 amide bonds. The third kappa shape index (κ3) is 15.3. The van der Waals surface area contributed by atoms with Crippen LogP contribution in [0.2, 0.25) is 0 Å². The number of aliphatic imine (C=N–C) groups is 1. The topological polar surface area (TPSA) is 160 Å². The minimum Gasteiger partial charge on any atom is -0.542 e.